The minimum Gasteiger partial charge on any atom is -0.336 e. The predicted molar refractivity (Wildman–Crippen MR) is 78.2 cm³/mol. The molecule has 0 saturated carbocycles. The van der Waals surface area contributed by atoms with Crippen LogP contribution < -0.4 is 0 Å². The number of halogens is 1. The fourth-order valence-electron chi connectivity index (χ4n) is 1.91. The Morgan fingerprint density at radius 2 is 2.20 bits per heavy atom. The van der Waals surface area contributed by atoms with Gasteiger partial charge in [0, 0.05) is 23.7 Å². The third-order valence-corrected chi connectivity index (χ3v) is 3.24. The standard InChI is InChI=1S/C14H12ClN5/c1-20-9-16-7-11(20)8-18-19-13-4-5-17-14-6-10(15)2-3-12(13)14/h2-7,9H,8H2,1H3. The van der Waals surface area contributed by atoms with Crippen molar-refractivity contribution in [3.05, 3.63) is 53.7 Å². The van der Waals surface area contributed by atoms with Crippen LogP contribution in [0.3, 0.4) is 0 Å². The Labute approximate surface area is 121 Å². The van der Waals surface area contributed by atoms with E-state index < -0.39 is 0 Å². The molecular formula is C14H12ClN5. The average Bonchev–Trinajstić information content (AvgIpc) is 2.84. The van der Waals surface area contributed by atoms with Crippen LogP contribution in [-0.4, -0.2) is 14.5 Å². The molecular weight excluding hydrogens is 274 g/mol. The van der Waals surface area contributed by atoms with E-state index in [0.717, 1.165) is 22.3 Å². The van der Waals surface area contributed by atoms with Crippen molar-refractivity contribution < 1.29 is 0 Å². The number of aromatic nitrogens is 3. The smallest absolute Gasteiger partial charge is 0.102 e. The van der Waals surface area contributed by atoms with Crippen molar-refractivity contribution in [3.8, 4) is 0 Å². The van der Waals surface area contributed by atoms with Crippen LogP contribution in [0, 0.1) is 0 Å². The van der Waals surface area contributed by atoms with Crippen LogP contribution in [0.4, 0.5) is 5.69 Å². The first-order valence-electron chi connectivity index (χ1n) is 6.11. The maximum Gasteiger partial charge on any atom is 0.102 e. The molecule has 0 saturated heterocycles. The van der Waals surface area contributed by atoms with Crippen LogP contribution in [0.15, 0.2) is 53.2 Å². The molecule has 5 nitrogen and oxygen atoms in total. The minimum atomic E-state index is 0.494. The lowest BCUT2D eigenvalue weighted by atomic mass is 10.2. The van der Waals surface area contributed by atoms with Crippen molar-refractivity contribution in [2.75, 3.05) is 0 Å². The highest BCUT2D eigenvalue weighted by Crippen LogP contribution is 2.26. The average molecular weight is 286 g/mol. The summed E-state index contributed by atoms with van der Waals surface area (Å²) in [5.41, 5.74) is 2.61. The van der Waals surface area contributed by atoms with Crippen molar-refractivity contribution >= 4 is 28.2 Å². The third kappa shape index (κ3) is 2.53. The summed E-state index contributed by atoms with van der Waals surface area (Å²) in [7, 11) is 1.93. The number of hydrogen-bond acceptors (Lipinski definition) is 4. The SMILES string of the molecule is Cn1cncc1CN=Nc1ccnc2cc(Cl)ccc12. The number of rotatable bonds is 3. The molecule has 0 aliphatic rings. The summed E-state index contributed by atoms with van der Waals surface area (Å²) in [6, 6.07) is 7.38. The number of benzene rings is 1. The molecule has 1 aromatic carbocycles. The molecule has 0 atom stereocenters. The van der Waals surface area contributed by atoms with E-state index in [0.29, 0.717) is 11.6 Å². The zero-order valence-corrected chi connectivity index (χ0v) is 11.6. The van der Waals surface area contributed by atoms with E-state index >= 15 is 0 Å². The largest absolute Gasteiger partial charge is 0.336 e. The number of pyridine rings is 1. The van der Waals surface area contributed by atoms with Gasteiger partial charge in [-0.05, 0) is 24.3 Å². The summed E-state index contributed by atoms with van der Waals surface area (Å²) in [5, 5.41) is 10.1. The molecule has 6 heteroatoms. The fourth-order valence-corrected chi connectivity index (χ4v) is 2.08. The van der Waals surface area contributed by atoms with Gasteiger partial charge in [0.05, 0.1) is 29.4 Å². The first kappa shape index (κ1) is 12.7. The second-order valence-electron chi connectivity index (χ2n) is 4.39. The number of azo groups is 1. The number of hydrogen-bond donors (Lipinski definition) is 0. The van der Waals surface area contributed by atoms with E-state index in [-0.39, 0.29) is 0 Å². The Balaban J connectivity index is 1.89. The Bertz CT molecular complexity index is 778. The van der Waals surface area contributed by atoms with E-state index in [1.807, 2.05) is 35.9 Å². The van der Waals surface area contributed by atoms with E-state index in [1.54, 1.807) is 18.7 Å². The minimum absolute atomic E-state index is 0.494. The van der Waals surface area contributed by atoms with E-state index in [1.165, 1.54) is 0 Å². The number of aryl methyl sites for hydroxylation is 1. The lowest BCUT2D eigenvalue weighted by molar-refractivity contribution is 0.800. The molecule has 20 heavy (non-hydrogen) atoms. The lowest BCUT2D eigenvalue weighted by Crippen LogP contribution is -1.91. The van der Waals surface area contributed by atoms with Crippen LogP contribution in [0.1, 0.15) is 5.69 Å². The molecule has 2 heterocycles. The molecule has 0 N–H and O–H groups in total. The molecule has 100 valence electrons. The van der Waals surface area contributed by atoms with Crippen molar-refractivity contribution in [3.63, 3.8) is 0 Å². The van der Waals surface area contributed by atoms with E-state index in [9.17, 15) is 0 Å². The van der Waals surface area contributed by atoms with Crippen molar-refractivity contribution in [1.29, 1.82) is 0 Å². The van der Waals surface area contributed by atoms with Crippen LogP contribution in [0.2, 0.25) is 5.02 Å². The monoisotopic (exact) mass is 285 g/mol. The van der Waals surface area contributed by atoms with Crippen LogP contribution >= 0.6 is 11.6 Å². The Hall–Kier alpha value is -2.27. The maximum absolute atomic E-state index is 5.96. The third-order valence-electron chi connectivity index (χ3n) is 3.01. The van der Waals surface area contributed by atoms with Gasteiger partial charge in [-0.15, -0.1) is 0 Å². The maximum atomic E-state index is 5.96. The Morgan fingerprint density at radius 1 is 1.30 bits per heavy atom. The zero-order chi connectivity index (χ0) is 13.9. The van der Waals surface area contributed by atoms with Crippen molar-refractivity contribution in [2.45, 2.75) is 6.54 Å². The van der Waals surface area contributed by atoms with Gasteiger partial charge in [-0.1, -0.05) is 11.6 Å². The summed E-state index contributed by atoms with van der Waals surface area (Å²) >= 11 is 5.96. The predicted octanol–water partition coefficient (Wildman–Crippen LogP) is 3.91. The van der Waals surface area contributed by atoms with Gasteiger partial charge >= 0.3 is 0 Å². The summed E-state index contributed by atoms with van der Waals surface area (Å²) in [4.78, 5) is 8.32. The molecule has 0 unspecified atom stereocenters. The molecule has 2 aromatic heterocycles. The molecule has 0 aliphatic heterocycles. The van der Waals surface area contributed by atoms with E-state index in [4.69, 9.17) is 11.6 Å². The van der Waals surface area contributed by atoms with Crippen LogP contribution in [0.25, 0.3) is 10.9 Å². The van der Waals surface area contributed by atoms with Gasteiger partial charge < -0.3 is 4.57 Å². The summed E-state index contributed by atoms with van der Waals surface area (Å²) in [6.07, 6.45) is 5.23. The van der Waals surface area contributed by atoms with Crippen LogP contribution in [0.5, 0.6) is 0 Å². The quantitative estimate of drug-likeness (QED) is 0.685. The fraction of sp³-hybridized carbons (Fsp3) is 0.143. The topological polar surface area (TPSA) is 55.4 Å². The van der Waals surface area contributed by atoms with Crippen molar-refractivity contribution in [2.24, 2.45) is 17.3 Å². The summed E-state index contributed by atoms with van der Waals surface area (Å²) in [5.74, 6) is 0. The van der Waals surface area contributed by atoms with E-state index in [2.05, 4.69) is 20.2 Å². The first-order valence-corrected chi connectivity index (χ1v) is 6.49. The van der Waals surface area contributed by atoms with Gasteiger partial charge in [0.1, 0.15) is 6.54 Å². The molecule has 3 rings (SSSR count). The highest BCUT2D eigenvalue weighted by molar-refractivity contribution is 6.31. The van der Waals surface area contributed by atoms with Gasteiger partial charge in [0.15, 0.2) is 0 Å². The number of nitrogens with zero attached hydrogens (tertiary/aromatic N) is 5. The zero-order valence-electron chi connectivity index (χ0n) is 10.9. The summed E-state index contributed by atoms with van der Waals surface area (Å²) in [6.45, 7) is 0.494. The molecule has 0 aliphatic carbocycles. The van der Waals surface area contributed by atoms with Gasteiger partial charge in [0.2, 0.25) is 0 Å². The van der Waals surface area contributed by atoms with Gasteiger partial charge in [0.25, 0.3) is 0 Å². The normalized spacial score (nSPS) is 11.5. The Morgan fingerprint density at radius 3 is 3.00 bits per heavy atom. The van der Waals surface area contributed by atoms with Crippen LogP contribution in [-0.2, 0) is 13.6 Å². The highest BCUT2D eigenvalue weighted by atomic mass is 35.5. The Kier molecular flexibility index (Phi) is 3.43. The number of fused-ring (bicyclic) bond motifs is 1. The molecule has 3 aromatic rings. The number of imidazole rings is 1. The van der Waals surface area contributed by atoms with Gasteiger partial charge in [-0.3, -0.25) is 4.98 Å². The summed E-state index contributed by atoms with van der Waals surface area (Å²) < 4.78 is 1.92. The molecule has 0 radical (unpaired) electrons. The molecule has 0 bridgehead atoms. The van der Waals surface area contributed by atoms with Gasteiger partial charge in [-0.25, -0.2) is 4.98 Å². The first-order chi connectivity index (χ1) is 9.74. The molecule has 0 spiro atoms. The molecule has 0 amide bonds. The second kappa shape index (κ2) is 5.38. The van der Waals surface area contributed by atoms with Gasteiger partial charge in [-0.2, -0.15) is 10.2 Å². The lowest BCUT2D eigenvalue weighted by Gasteiger charge is -2.01. The van der Waals surface area contributed by atoms with Crippen molar-refractivity contribution in [1.82, 2.24) is 14.5 Å². The molecule has 0 fully saturated rings. The second-order valence-corrected chi connectivity index (χ2v) is 4.82. The highest BCUT2D eigenvalue weighted by Gasteiger charge is 2.02.